The molecule has 0 saturated carbocycles. The van der Waals surface area contributed by atoms with E-state index in [0.29, 0.717) is 30.2 Å². The molecule has 8 heteroatoms. The number of carbonyl (C=O) groups is 1. The average molecular weight is 365 g/mol. The van der Waals surface area contributed by atoms with Crippen LogP contribution < -0.4 is 5.32 Å². The summed E-state index contributed by atoms with van der Waals surface area (Å²) in [7, 11) is 3.11. The number of aryl methyl sites for hydroxylation is 1. The molecule has 0 amide bonds. The van der Waals surface area contributed by atoms with Gasteiger partial charge in [0, 0.05) is 26.7 Å². The highest BCUT2D eigenvalue weighted by molar-refractivity contribution is 5.90. The van der Waals surface area contributed by atoms with Gasteiger partial charge in [-0.15, -0.1) is 0 Å². The van der Waals surface area contributed by atoms with E-state index in [9.17, 15) is 4.79 Å². The molecule has 0 spiro atoms. The first-order chi connectivity index (χ1) is 12.6. The molecule has 1 aromatic heterocycles. The third kappa shape index (κ3) is 4.19. The Labute approximate surface area is 153 Å². The Bertz CT molecular complexity index is 651. The second-order valence-corrected chi connectivity index (χ2v) is 6.48. The van der Waals surface area contributed by atoms with Crippen LogP contribution >= 0.6 is 0 Å². The van der Waals surface area contributed by atoms with Gasteiger partial charge in [-0.25, -0.2) is 4.79 Å². The smallest absolute Gasteiger partial charge is 0.341 e. The molecule has 0 bridgehead atoms. The number of hydrogen-bond acceptors (Lipinski definition) is 6. The van der Waals surface area contributed by atoms with Crippen molar-refractivity contribution in [3.63, 3.8) is 0 Å². The van der Waals surface area contributed by atoms with E-state index >= 15 is 0 Å². The summed E-state index contributed by atoms with van der Waals surface area (Å²) in [6.07, 6.45) is 2.39. The first kappa shape index (κ1) is 18.7. The molecule has 3 rings (SSSR count). The summed E-state index contributed by atoms with van der Waals surface area (Å²) in [6, 6.07) is 1.70. The minimum atomic E-state index is -0.394. The van der Waals surface area contributed by atoms with Gasteiger partial charge in [0.05, 0.1) is 26.4 Å². The Morgan fingerprint density at radius 2 is 2.19 bits per heavy atom. The normalized spacial score (nSPS) is 24.0. The minimum Gasteiger partial charge on any atom is -0.465 e. The summed E-state index contributed by atoms with van der Waals surface area (Å²) in [4.78, 5) is 18.2. The van der Waals surface area contributed by atoms with Gasteiger partial charge in [-0.1, -0.05) is 0 Å². The zero-order chi connectivity index (χ0) is 18.5. The summed E-state index contributed by atoms with van der Waals surface area (Å²) in [6.45, 7) is 5.17. The number of hydrogen-bond donors (Lipinski definition) is 1. The van der Waals surface area contributed by atoms with Gasteiger partial charge in [-0.2, -0.15) is 0 Å². The van der Waals surface area contributed by atoms with Crippen molar-refractivity contribution in [3.8, 4) is 0 Å². The molecule has 2 aliphatic heterocycles. The molecule has 2 aliphatic rings. The molecule has 8 nitrogen and oxygen atoms in total. The summed E-state index contributed by atoms with van der Waals surface area (Å²) in [5.74, 6) is 1.60. The number of guanidine groups is 1. The number of ether oxygens (including phenoxy) is 3. The topological polar surface area (TPSA) is 85.5 Å². The van der Waals surface area contributed by atoms with Crippen molar-refractivity contribution >= 4 is 11.9 Å². The highest BCUT2D eigenvalue weighted by Gasteiger charge is 2.32. The lowest BCUT2D eigenvalue weighted by molar-refractivity contribution is -0.0817. The molecular weight excluding hydrogens is 338 g/mol. The minimum absolute atomic E-state index is 0.0709. The van der Waals surface area contributed by atoms with Gasteiger partial charge < -0.3 is 28.8 Å². The number of nitrogens with zero attached hydrogens (tertiary/aromatic N) is 2. The second kappa shape index (κ2) is 8.55. The number of rotatable bonds is 4. The quantitative estimate of drug-likeness (QED) is 0.489. The van der Waals surface area contributed by atoms with Gasteiger partial charge >= 0.3 is 5.97 Å². The van der Waals surface area contributed by atoms with E-state index in [1.54, 1.807) is 20.0 Å². The summed E-state index contributed by atoms with van der Waals surface area (Å²) < 4.78 is 22.0. The van der Waals surface area contributed by atoms with E-state index in [4.69, 9.17) is 18.6 Å². The highest BCUT2D eigenvalue weighted by atomic mass is 16.5. The number of aliphatic imine (C=N–C) groups is 1. The Hall–Kier alpha value is -2.06. The maximum Gasteiger partial charge on any atom is 0.341 e. The molecule has 2 saturated heterocycles. The van der Waals surface area contributed by atoms with Crippen LogP contribution in [0.15, 0.2) is 15.5 Å². The summed E-state index contributed by atoms with van der Waals surface area (Å²) >= 11 is 0. The third-order valence-electron chi connectivity index (χ3n) is 4.78. The number of nitrogens with one attached hydrogen (secondary N) is 1. The van der Waals surface area contributed by atoms with Crippen molar-refractivity contribution in [1.82, 2.24) is 10.2 Å². The van der Waals surface area contributed by atoms with Gasteiger partial charge in [-0.05, 0) is 25.8 Å². The first-order valence-electron chi connectivity index (χ1n) is 8.98. The lowest BCUT2D eigenvalue weighted by Gasteiger charge is -2.37. The molecule has 0 aliphatic carbocycles. The van der Waals surface area contributed by atoms with Crippen LogP contribution in [0.3, 0.4) is 0 Å². The third-order valence-corrected chi connectivity index (χ3v) is 4.78. The summed E-state index contributed by atoms with van der Waals surface area (Å²) in [5.41, 5.74) is 0.448. The summed E-state index contributed by atoms with van der Waals surface area (Å²) in [5, 5.41) is 3.30. The molecule has 0 radical (unpaired) electrons. The fourth-order valence-electron chi connectivity index (χ4n) is 3.43. The van der Waals surface area contributed by atoms with Crippen LogP contribution in [0.25, 0.3) is 0 Å². The first-order valence-corrected chi connectivity index (χ1v) is 8.98. The number of carbonyl (C=O) groups excluding carboxylic acids is 1. The number of methoxy groups -OCH3 is 1. The van der Waals surface area contributed by atoms with Gasteiger partial charge in [0.1, 0.15) is 23.2 Å². The van der Waals surface area contributed by atoms with Crippen LogP contribution in [-0.2, 0) is 20.8 Å². The Kier molecular flexibility index (Phi) is 6.16. The van der Waals surface area contributed by atoms with Gasteiger partial charge in [0.25, 0.3) is 0 Å². The van der Waals surface area contributed by atoms with Gasteiger partial charge in [0.15, 0.2) is 5.96 Å². The average Bonchev–Trinajstić information content (AvgIpc) is 3.32. The number of esters is 1. The van der Waals surface area contributed by atoms with Crippen molar-refractivity contribution < 1.29 is 23.4 Å². The van der Waals surface area contributed by atoms with Crippen LogP contribution in [0, 0.1) is 6.92 Å². The van der Waals surface area contributed by atoms with Crippen molar-refractivity contribution in [1.29, 1.82) is 0 Å². The highest BCUT2D eigenvalue weighted by Crippen LogP contribution is 2.21. The van der Waals surface area contributed by atoms with Crippen molar-refractivity contribution in [2.45, 2.75) is 38.5 Å². The van der Waals surface area contributed by atoms with Crippen molar-refractivity contribution in [2.24, 2.45) is 4.99 Å². The SMILES string of the molecule is CN=C(NCc1cc(C(=O)OC)c(C)o1)N1CCOC(C2CCCO2)C1. The van der Waals surface area contributed by atoms with Crippen LogP contribution in [-0.4, -0.2) is 69.5 Å². The van der Waals surface area contributed by atoms with Crippen molar-refractivity contribution in [3.05, 3.63) is 23.2 Å². The van der Waals surface area contributed by atoms with E-state index in [-0.39, 0.29) is 12.2 Å². The van der Waals surface area contributed by atoms with E-state index in [2.05, 4.69) is 15.2 Å². The molecular formula is C18H27N3O5. The zero-order valence-corrected chi connectivity index (χ0v) is 15.6. The van der Waals surface area contributed by atoms with Gasteiger partial charge in [0.2, 0.25) is 0 Å². The molecule has 0 aromatic carbocycles. The monoisotopic (exact) mass is 365 g/mol. The Morgan fingerprint density at radius 3 is 2.88 bits per heavy atom. The predicted octanol–water partition coefficient (Wildman–Crippen LogP) is 1.33. The fourth-order valence-corrected chi connectivity index (χ4v) is 3.43. The predicted molar refractivity (Wildman–Crippen MR) is 95.3 cm³/mol. The van der Waals surface area contributed by atoms with Crippen LogP contribution in [0.1, 0.15) is 34.7 Å². The van der Waals surface area contributed by atoms with Crippen LogP contribution in [0.5, 0.6) is 0 Å². The van der Waals surface area contributed by atoms with Crippen LogP contribution in [0.4, 0.5) is 0 Å². The molecule has 2 fully saturated rings. The van der Waals surface area contributed by atoms with E-state index in [1.165, 1.54) is 7.11 Å². The van der Waals surface area contributed by atoms with Gasteiger partial charge in [-0.3, -0.25) is 4.99 Å². The largest absolute Gasteiger partial charge is 0.465 e. The maximum atomic E-state index is 11.7. The van der Waals surface area contributed by atoms with E-state index < -0.39 is 5.97 Å². The molecule has 144 valence electrons. The zero-order valence-electron chi connectivity index (χ0n) is 15.6. The molecule has 26 heavy (non-hydrogen) atoms. The fraction of sp³-hybridized carbons (Fsp3) is 0.667. The molecule has 2 unspecified atom stereocenters. The van der Waals surface area contributed by atoms with E-state index in [0.717, 1.165) is 38.5 Å². The lowest BCUT2D eigenvalue weighted by Crippen LogP contribution is -2.53. The Balaban J connectivity index is 1.58. The molecule has 2 atom stereocenters. The molecule has 3 heterocycles. The maximum absolute atomic E-state index is 11.7. The number of morpholine rings is 1. The molecule has 1 N–H and O–H groups in total. The van der Waals surface area contributed by atoms with Crippen molar-refractivity contribution in [2.75, 3.05) is 40.5 Å². The Morgan fingerprint density at radius 1 is 1.38 bits per heavy atom. The molecule has 1 aromatic rings. The number of furan rings is 1. The van der Waals surface area contributed by atoms with Crippen LogP contribution in [0.2, 0.25) is 0 Å². The lowest BCUT2D eigenvalue weighted by atomic mass is 10.1. The second-order valence-electron chi connectivity index (χ2n) is 6.48. The van der Waals surface area contributed by atoms with E-state index in [1.807, 2.05) is 0 Å². The standard InChI is InChI=1S/C18H27N3O5/c1-12-14(17(22)23-3)9-13(26-12)10-20-18(19-2)21-6-8-25-16(11-21)15-5-4-7-24-15/h9,15-16H,4-8,10-11H2,1-3H3,(H,19,20).